The molecule has 31 heavy (non-hydrogen) atoms. The highest BCUT2D eigenvalue weighted by Gasteiger charge is 2.29. The van der Waals surface area contributed by atoms with Crippen molar-refractivity contribution >= 4 is 47.2 Å². The summed E-state index contributed by atoms with van der Waals surface area (Å²) in [6.45, 7) is 1.88. The summed E-state index contributed by atoms with van der Waals surface area (Å²) in [5, 5.41) is 21.5. The number of nitro benzene ring substituents is 1. The molecule has 0 aromatic heterocycles. The van der Waals surface area contributed by atoms with Crippen LogP contribution >= 0.6 is 35.6 Å². The molecule has 1 amide bonds. The van der Waals surface area contributed by atoms with Crippen molar-refractivity contribution in [3.05, 3.63) is 73.8 Å². The number of nitro groups is 1. The van der Waals surface area contributed by atoms with Gasteiger partial charge in [-0.2, -0.15) is 0 Å². The second-order valence-corrected chi connectivity index (χ2v) is 8.28. The monoisotopic (exact) mass is 487 g/mol. The first-order valence-corrected chi connectivity index (χ1v) is 10.3. The van der Waals surface area contributed by atoms with Gasteiger partial charge in [0.1, 0.15) is 0 Å². The lowest BCUT2D eigenvalue weighted by Gasteiger charge is -2.32. The molecule has 0 unspecified atom stereocenters. The zero-order valence-electron chi connectivity index (χ0n) is 16.9. The number of aliphatic hydroxyl groups is 1. The quantitative estimate of drug-likeness (QED) is 0.468. The number of carbonyl (C=O) groups is 1. The summed E-state index contributed by atoms with van der Waals surface area (Å²) >= 11 is 11.9. The van der Waals surface area contributed by atoms with E-state index in [1.54, 1.807) is 11.9 Å². The topological polar surface area (TPSA) is 86.9 Å². The molecular formula is C21H24Cl3N3O4. The van der Waals surface area contributed by atoms with Crippen molar-refractivity contribution < 1.29 is 14.8 Å². The van der Waals surface area contributed by atoms with Crippen molar-refractivity contribution in [3.8, 4) is 0 Å². The number of rotatable bonds is 7. The minimum atomic E-state index is -0.564. The van der Waals surface area contributed by atoms with Crippen molar-refractivity contribution in [1.29, 1.82) is 0 Å². The standard InChI is InChI=1S/C21H23Cl2N3O4.ClH/c1-24(21(28)10-15-9-17(22)18(23)11-19(15)26(29)30)20(14-5-3-2-4-6-14)13-25-8-7-16(27)12-25;/h2-6,9,11,16,20,27H,7-8,10,12-13H2,1H3;1H/t16-,20+;/m0./s1. The molecule has 168 valence electrons. The molecule has 0 radical (unpaired) electrons. The summed E-state index contributed by atoms with van der Waals surface area (Å²) < 4.78 is 0. The number of β-amino-alcohol motifs (C(OH)–C–C–N with tert-alkyl or cyclic N) is 1. The van der Waals surface area contributed by atoms with Crippen molar-refractivity contribution in [2.24, 2.45) is 0 Å². The Kier molecular flexibility index (Phi) is 9.09. The number of likely N-dealkylation sites (tertiary alicyclic amines) is 1. The minimum Gasteiger partial charge on any atom is -0.392 e. The van der Waals surface area contributed by atoms with E-state index in [9.17, 15) is 20.0 Å². The molecule has 1 aliphatic rings. The highest BCUT2D eigenvalue weighted by atomic mass is 35.5. The number of nitrogens with zero attached hydrogens (tertiary/aromatic N) is 3. The van der Waals surface area contributed by atoms with E-state index < -0.39 is 4.92 Å². The first-order chi connectivity index (χ1) is 14.3. The van der Waals surface area contributed by atoms with Gasteiger partial charge >= 0.3 is 0 Å². The van der Waals surface area contributed by atoms with Gasteiger partial charge in [0.25, 0.3) is 5.69 Å². The molecule has 1 heterocycles. The van der Waals surface area contributed by atoms with Gasteiger partial charge < -0.3 is 10.0 Å². The largest absolute Gasteiger partial charge is 0.392 e. The summed E-state index contributed by atoms with van der Waals surface area (Å²) in [5.41, 5.74) is 0.943. The van der Waals surface area contributed by atoms with Gasteiger partial charge in [-0.25, -0.2) is 0 Å². The lowest BCUT2D eigenvalue weighted by atomic mass is 10.0. The van der Waals surface area contributed by atoms with Crippen LogP contribution in [0, 0.1) is 10.1 Å². The zero-order valence-corrected chi connectivity index (χ0v) is 19.2. The minimum absolute atomic E-state index is 0. The van der Waals surface area contributed by atoms with Gasteiger partial charge in [0.2, 0.25) is 5.91 Å². The summed E-state index contributed by atoms with van der Waals surface area (Å²) in [5.74, 6) is -0.273. The highest BCUT2D eigenvalue weighted by molar-refractivity contribution is 6.42. The molecule has 3 rings (SSSR count). The highest BCUT2D eigenvalue weighted by Crippen LogP contribution is 2.32. The second kappa shape index (κ2) is 11.1. The molecule has 0 saturated carbocycles. The SMILES string of the molecule is CN(C(=O)Cc1cc(Cl)c(Cl)cc1[N+](=O)[O-])[C@H](CN1CC[C@H](O)C1)c1ccccc1.Cl. The first-order valence-electron chi connectivity index (χ1n) is 9.59. The van der Waals surface area contributed by atoms with Crippen LogP contribution in [0.3, 0.4) is 0 Å². The molecule has 0 aliphatic carbocycles. The van der Waals surface area contributed by atoms with Crippen molar-refractivity contribution in [2.45, 2.75) is 25.0 Å². The Morgan fingerprint density at radius 3 is 2.52 bits per heavy atom. The smallest absolute Gasteiger partial charge is 0.274 e. The van der Waals surface area contributed by atoms with E-state index >= 15 is 0 Å². The fraction of sp³-hybridized carbons (Fsp3) is 0.381. The Hall–Kier alpha value is -1.90. The molecule has 1 aliphatic heterocycles. The van der Waals surface area contributed by atoms with E-state index in [2.05, 4.69) is 4.90 Å². The Morgan fingerprint density at radius 1 is 1.29 bits per heavy atom. The first kappa shape index (κ1) is 25.4. The molecular weight excluding hydrogens is 465 g/mol. The van der Waals surface area contributed by atoms with Crippen LogP contribution in [0.4, 0.5) is 5.69 Å². The fourth-order valence-corrected chi connectivity index (χ4v) is 4.04. The van der Waals surface area contributed by atoms with Gasteiger partial charge in [-0.1, -0.05) is 53.5 Å². The molecule has 2 aromatic rings. The molecule has 7 nitrogen and oxygen atoms in total. The predicted molar refractivity (Wildman–Crippen MR) is 123 cm³/mol. The Morgan fingerprint density at radius 2 is 1.94 bits per heavy atom. The molecule has 0 bridgehead atoms. The van der Waals surface area contributed by atoms with Crippen molar-refractivity contribution in [1.82, 2.24) is 9.80 Å². The third-order valence-corrected chi connectivity index (χ3v) is 6.11. The summed E-state index contributed by atoms with van der Waals surface area (Å²) in [6.07, 6.45) is 0.172. The van der Waals surface area contributed by atoms with E-state index in [0.29, 0.717) is 19.5 Å². The van der Waals surface area contributed by atoms with Crippen LogP contribution in [0.5, 0.6) is 0 Å². The molecule has 2 atom stereocenters. The van der Waals surface area contributed by atoms with Crippen LogP contribution in [0.1, 0.15) is 23.6 Å². The number of hydrogen-bond donors (Lipinski definition) is 1. The van der Waals surface area contributed by atoms with Crippen LogP contribution in [0.15, 0.2) is 42.5 Å². The second-order valence-electron chi connectivity index (χ2n) is 7.46. The van der Waals surface area contributed by atoms with E-state index in [0.717, 1.165) is 12.1 Å². The number of likely N-dealkylation sites (N-methyl/N-ethyl adjacent to an activating group) is 1. The van der Waals surface area contributed by atoms with Gasteiger partial charge in [-0.05, 0) is 18.1 Å². The van der Waals surface area contributed by atoms with Crippen molar-refractivity contribution in [2.75, 3.05) is 26.7 Å². The number of amides is 1. The summed E-state index contributed by atoms with van der Waals surface area (Å²) in [6, 6.07) is 11.9. The van der Waals surface area contributed by atoms with Crippen LogP contribution in [0.25, 0.3) is 0 Å². The van der Waals surface area contributed by atoms with Crippen LogP contribution < -0.4 is 0 Å². The van der Waals surface area contributed by atoms with E-state index in [1.165, 1.54) is 12.1 Å². The average molecular weight is 489 g/mol. The normalized spacial score (nSPS) is 17.1. The van der Waals surface area contributed by atoms with Gasteiger partial charge in [0.15, 0.2) is 0 Å². The average Bonchev–Trinajstić information content (AvgIpc) is 3.13. The fourth-order valence-electron chi connectivity index (χ4n) is 3.70. The molecule has 1 fully saturated rings. The third kappa shape index (κ3) is 6.30. The van der Waals surface area contributed by atoms with Crippen LogP contribution in [0.2, 0.25) is 10.0 Å². The molecule has 1 N–H and O–H groups in total. The number of halogens is 3. The molecule has 1 saturated heterocycles. The van der Waals surface area contributed by atoms with Crippen molar-refractivity contribution in [3.63, 3.8) is 0 Å². The lowest BCUT2D eigenvalue weighted by molar-refractivity contribution is -0.385. The van der Waals surface area contributed by atoms with E-state index in [4.69, 9.17) is 23.2 Å². The number of hydrogen-bond acceptors (Lipinski definition) is 5. The number of carbonyl (C=O) groups excluding carboxylic acids is 1. The number of benzene rings is 2. The Bertz CT molecular complexity index is 930. The molecule has 2 aromatic carbocycles. The van der Waals surface area contributed by atoms with Gasteiger partial charge in [0.05, 0.1) is 33.5 Å². The summed E-state index contributed by atoms with van der Waals surface area (Å²) in [4.78, 5) is 27.7. The maximum atomic E-state index is 13.1. The maximum absolute atomic E-state index is 13.1. The predicted octanol–water partition coefficient (Wildman–Crippen LogP) is 4.13. The molecule has 10 heteroatoms. The Labute approximate surface area is 197 Å². The van der Waals surface area contributed by atoms with Gasteiger partial charge in [0, 0.05) is 38.3 Å². The van der Waals surface area contributed by atoms with Gasteiger partial charge in [-0.15, -0.1) is 12.4 Å². The van der Waals surface area contributed by atoms with E-state index in [1.807, 2.05) is 30.3 Å². The lowest BCUT2D eigenvalue weighted by Crippen LogP contribution is -2.39. The van der Waals surface area contributed by atoms with Gasteiger partial charge in [-0.3, -0.25) is 19.8 Å². The van der Waals surface area contributed by atoms with E-state index in [-0.39, 0.29) is 58.2 Å². The van der Waals surface area contributed by atoms with Crippen LogP contribution in [-0.2, 0) is 11.2 Å². The van der Waals surface area contributed by atoms with Crippen LogP contribution in [-0.4, -0.2) is 58.5 Å². The number of aliphatic hydroxyl groups excluding tert-OH is 1. The summed E-state index contributed by atoms with van der Waals surface area (Å²) in [7, 11) is 1.69. The third-order valence-electron chi connectivity index (χ3n) is 5.38. The maximum Gasteiger partial charge on any atom is 0.274 e. The molecule has 0 spiro atoms. The Balaban J connectivity index is 0.00000341. The zero-order chi connectivity index (χ0) is 21.8.